The third-order valence-electron chi connectivity index (χ3n) is 6.27. The number of amides is 1. The molecule has 3 aromatic carbocycles. The molecule has 4 aromatic rings. The Bertz CT molecular complexity index is 1560. The zero-order valence-electron chi connectivity index (χ0n) is 20.9. The maximum atomic E-state index is 13.8. The molecule has 1 unspecified atom stereocenters. The minimum Gasteiger partial charge on any atom is -0.495 e. The number of carbonyl (C=O) groups excluding carboxylic acids is 1. The molecule has 0 bridgehead atoms. The molecule has 0 saturated carbocycles. The number of hydrogen-bond donors (Lipinski definition) is 0. The molecule has 37 heavy (non-hydrogen) atoms. The van der Waals surface area contributed by atoms with Gasteiger partial charge in [-0.15, -0.1) is 0 Å². The van der Waals surface area contributed by atoms with Crippen LogP contribution < -0.4 is 24.5 Å². The van der Waals surface area contributed by atoms with Gasteiger partial charge < -0.3 is 18.6 Å². The number of fused-ring (bicyclic) bond motifs is 2. The van der Waals surface area contributed by atoms with Crippen molar-refractivity contribution in [1.82, 2.24) is 0 Å². The van der Waals surface area contributed by atoms with Crippen LogP contribution in [-0.2, 0) is 0 Å². The lowest BCUT2D eigenvalue weighted by atomic mass is 9.97. The van der Waals surface area contributed by atoms with Gasteiger partial charge in [0.15, 0.2) is 16.9 Å². The summed E-state index contributed by atoms with van der Waals surface area (Å²) < 4.78 is 22.8. The van der Waals surface area contributed by atoms with Crippen LogP contribution in [0.2, 0.25) is 5.02 Å². The molecule has 1 aliphatic heterocycles. The van der Waals surface area contributed by atoms with Crippen LogP contribution in [0.5, 0.6) is 17.2 Å². The number of ether oxygens (including phenoxy) is 3. The van der Waals surface area contributed by atoms with Gasteiger partial charge in [-0.25, -0.2) is 0 Å². The van der Waals surface area contributed by atoms with Crippen molar-refractivity contribution in [3.63, 3.8) is 0 Å². The van der Waals surface area contributed by atoms with Gasteiger partial charge in [0.25, 0.3) is 5.91 Å². The predicted octanol–water partition coefficient (Wildman–Crippen LogP) is 6.25. The maximum absolute atomic E-state index is 13.8. The van der Waals surface area contributed by atoms with Gasteiger partial charge in [0.1, 0.15) is 11.3 Å². The van der Waals surface area contributed by atoms with Crippen LogP contribution in [0.1, 0.15) is 41.6 Å². The van der Waals surface area contributed by atoms with E-state index >= 15 is 0 Å². The van der Waals surface area contributed by atoms with Crippen LogP contribution >= 0.6 is 11.6 Å². The molecule has 0 fully saturated rings. The number of hydrogen-bond acceptors (Lipinski definition) is 6. The lowest BCUT2D eigenvalue weighted by Crippen LogP contribution is -2.29. The molecule has 2 heterocycles. The van der Waals surface area contributed by atoms with E-state index in [0.717, 1.165) is 0 Å². The van der Waals surface area contributed by atoms with E-state index in [0.29, 0.717) is 57.0 Å². The summed E-state index contributed by atoms with van der Waals surface area (Å²) >= 11 is 6.42. The Morgan fingerprint density at radius 1 is 0.946 bits per heavy atom. The molecule has 8 heteroatoms. The Balaban J connectivity index is 1.72. The number of rotatable bonds is 7. The number of carbonyl (C=O) groups is 1. The van der Waals surface area contributed by atoms with Crippen molar-refractivity contribution in [2.45, 2.75) is 19.9 Å². The highest BCUT2D eigenvalue weighted by molar-refractivity contribution is 6.32. The minimum atomic E-state index is -0.777. The van der Waals surface area contributed by atoms with Crippen LogP contribution in [0.25, 0.3) is 11.0 Å². The summed E-state index contributed by atoms with van der Waals surface area (Å²) in [7, 11) is 3.07. The van der Waals surface area contributed by atoms with E-state index < -0.39 is 11.9 Å². The summed E-state index contributed by atoms with van der Waals surface area (Å²) in [5, 5.41) is 0.736. The topological polar surface area (TPSA) is 78.2 Å². The summed E-state index contributed by atoms with van der Waals surface area (Å²) in [6.07, 6.45) is 0. The van der Waals surface area contributed by atoms with Crippen LogP contribution in [0, 0.1) is 5.92 Å². The van der Waals surface area contributed by atoms with Gasteiger partial charge in [0.05, 0.1) is 42.8 Å². The van der Waals surface area contributed by atoms with Crippen LogP contribution in [0.3, 0.4) is 0 Å². The maximum Gasteiger partial charge on any atom is 0.295 e. The van der Waals surface area contributed by atoms with Gasteiger partial charge in [0.2, 0.25) is 5.76 Å². The van der Waals surface area contributed by atoms with Gasteiger partial charge in [-0.3, -0.25) is 14.5 Å². The van der Waals surface area contributed by atoms with E-state index in [-0.39, 0.29) is 16.8 Å². The van der Waals surface area contributed by atoms with Gasteiger partial charge in [-0.2, -0.15) is 0 Å². The standard InChI is InChI=1S/C29H26ClNO6/c1-16(2)15-36-23-11-9-17(13-24(23)35-4)26-25-27(32)19-7-5-6-8-21(19)37-28(25)29(33)31(26)18-10-12-22(34-3)20(30)14-18/h5-14,16,26H,15H2,1-4H3. The zero-order valence-corrected chi connectivity index (χ0v) is 21.7. The molecule has 1 aromatic heterocycles. The largest absolute Gasteiger partial charge is 0.495 e. The number of nitrogens with zero attached hydrogens (tertiary/aromatic N) is 1. The molecular formula is C29H26ClNO6. The molecule has 1 amide bonds. The molecule has 190 valence electrons. The highest BCUT2D eigenvalue weighted by Gasteiger charge is 2.44. The van der Waals surface area contributed by atoms with E-state index in [1.807, 2.05) is 6.07 Å². The third kappa shape index (κ3) is 4.29. The first kappa shape index (κ1) is 24.7. The Hall–Kier alpha value is -3.97. The van der Waals surface area contributed by atoms with Crippen molar-refractivity contribution >= 4 is 34.2 Å². The van der Waals surface area contributed by atoms with Crippen molar-refractivity contribution in [2.75, 3.05) is 25.7 Å². The Kier molecular flexibility index (Phi) is 6.56. The van der Waals surface area contributed by atoms with Gasteiger partial charge in [0, 0.05) is 5.69 Å². The first-order valence-corrected chi connectivity index (χ1v) is 12.3. The molecule has 7 nitrogen and oxygen atoms in total. The third-order valence-corrected chi connectivity index (χ3v) is 6.56. The SMILES string of the molecule is COc1ccc(N2C(=O)c3oc4ccccc4c(=O)c3C2c2ccc(OCC(C)C)c(OC)c2)cc1Cl. The number of para-hydroxylation sites is 1. The van der Waals surface area contributed by atoms with Gasteiger partial charge in [-0.1, -0.05) is 43.6 Å². The second-order valence-corrected chi connectivity index (χ2v) is 9.59. The second-order valence-electron chi connectivity index (χ2n) is 9.18. The first-order valence-electron chi connectivity index (χ1n) is 11.9. The van der Waals surface area contributed by atoms with E-state index in [1.54, 1.807) is 61.7 Å². The Labute approximate surface area is 219 Å². The molecule has 1 aliphatic rings. The number of methoxy groups -OCH3 is 2. The first-order chi connectivity index (χ1) is 17.8. The number of halogens is 1. The van der Waals surface area contributed by atoms with Crippen LogP contribution in [0.4, 0.5) is 5.69 Å². The van der Waals surface area contributed by atoms with Crippen molar-refractivity contribution in [3.8, 4) is 17.2 Å². The molecule has 0 radical (unpaired) electrons. The van der Waals surface area contributed by atoms with Crippen molar-refractivity contribution in [2.24, 2.45) is 5.92 Å². The second kappa shape index (κ2) is 9.82. The number of benzene rings is 3. The molecule has 5 rings (SSSR count). The highest BCUT2D eigenvalue weighted by atomic mass is 35.5. The molecule has 1 atom stereocenters. The average molecular weight is 520 g/mol. The predicted molar refractivity (Wildman–Crippen MR) is 142 cm³/mol. The summed E-state index contributed by atoms with van der Waals surface area (Å²) in [6, 6.07) is 16.6. The number of anilines is 1. The average Bonchev–Trinajstić information content (AvgIpc) is 3.19. The quantitative estimate of drug-likeness (QED) is 0.287. The van der Waals surface area contributed by atoms with E-state index in [9.17, 15) is 9.59 Å². The van der Waals surface area contributed by atoms with Gasteiger partial charge >= 0.3 is 0 Å². The summed E-state index contributed by atoms with van der Waals surface area (Å²) in [4.78, 5) is 29.1. The smallest absolute Gasteiger partial charge is 0.295 e. The highest BCUT2D eigenvalue weighted by Crippen LogP contribution is 2.44. The Morgan fingerprint density at radius 2 is 1.68 bits per heavy atom. The minimum absolute atomic E-state index is 0.000239. The molecule has 0 saturated heterocycles. The summed E-state index contributed by atoms with van der Waals surface area (Å²) in [6.45, 7) is 4.64. The van der Waals surface area contributed by atoms with Crippen molar-refractivity contribution < 1.29 is 23.4 Å². The molecule has 0 spiro atoms. The molecular weight excluding hydrogens is 494 g/mol. The summed E-state index contributed by atoms with van der Waals surface area (Å²) in [5.74, 6) is 1.44. The normalized spacial score (nSPS) is 14.8. The molecule has 0 aliphatic carbocycles. The lowest BCUT2D eigenvalue weighted by molar-refractivity contribution is 0.0971. The van der Waals surface area contributed by atoms with E-state index in [2.05, 4.69) is 13.8 Å². The van der Waals surface area contributed by atoms with Crippen LogP contribution in [0.15, 0.2) is 69.9 Å². The van der Waals surface area contributed by atoms with E-state index in [4.69, 9.17) is 30.2 Å². The Morgan fingerprint density at radius 3 is 2.38 bits per heavy atom. The monoisotopic (exact) mass is 519 g/mol. The fourth-order valence-corrected chi connectivity index (χ4v) is 4.79. The van der Waals surface area contributed by atoms with Crippen molar-refractivity contribution in [3.05, 3.63) is 92.8 Å². The van der Waals surface area contributed by atoms with Gasteiger partial charge in [-0.05, 0) is 53.9 Å². The summed E-state index contributed by atoms with van der Waals surface area (Å²) in [5.41, 5.74) is 1.50. The van der Waals surface area contributed by atoms with E-state index in [1.165, 1.54) is 12.0 Å². The zero-order chi connectivity index (χ0) is 26.3. The lowest BCUT2D eigenvalue weighted by Gasteiger charge is -2.26. The molecule has 0 N–H and O–H groups in total. The van der Waals surface area contributed by atoms with Crippen molar-refractivity contribution in [1.29, 1.82) is 0 Å². The van der Waals surface area contributed by atoms with Crippen LogP contribution in [-0.4, -0.2) is 26.7 Å². The fourth-order valence-electron chi connectivity index (χ4n) is 4.54. The fraction of sp³-hybridized carbons (Fsp3) is 0.241.